The van der Waals surface area contributed by atoms with Crippen molar-refractivity contribution in [2.24, 2.45) is 0 Å². The van der Waals surface area contributed by atoms with Crippen molar-refractivity contribution >= 4 is 16.9 Å². The van der Waals surface area contributed by atoms with Crippen LogP contribution in [-0.4, -0.2) is 58.4 Å². The van der Waals surface area contributed by atoms with Crippen LogP contribution in [0.5, 0.6) is 0 Å². The van der Waals surface area contributed by atoms with Crippen LogP contribution in [0.1, 0.15) is 50.0 Å². The van der Waals surface area contributed by atoms with Crippen molar-refractivity contribution in [3.05, 3.63) is 30.1 Å². The molecule has 0 aromatic carbocycles. The fourth-order valence-corrected chi connectivity index (χ4v) is 4.32. The van der Waals surface area contributed by atoms with Crippen LogP contribution < -0.4 is 0 Å². The van der Waals surface area contributed by atoms with Crippen molar-refractivity contribution in [2.75, 3.05) is 32.7 Å². The van der Waals surface area contributed by atoms with Gasteiger partial charge < -0.3 is 14.8 Å². The van der Waals surface area contributed by atoms with Crippen LogP contribution in [0.4, 0.5) is 0 Å². The van der Waals surface area contributed by atoms with Gasteiger partial charge in [-0.2, -0.15) is 0 Å². The minimum atomic E-state index is 0.334. The number of aromatic nitrogens is 2. The Kier molecular flexibility index (Phi) is 5.02. The van der Waals surface area contributed by atoms with Gasteiger partial charge in [-0.15, -0.1) is 0 Å². The maximum Gasteiger partial charge on any atom is 0.223 e. The van der Waals surface area contributed by atoms with Gasteiger partial charge in [0, 0.05) is 38.4 Å². The van der Waals surface area contributed by atoms with E-state index in [2.05, 4.69) is 32.0 Å². The lowest BCUT2D eigenvalue weighted by Crippen LogP contribution is -2.40. The highest BCUT2D eigenvalue weighted by Gasteiger charge is 2.26. The van der Waals surface area contributed by atoms with Crippen molar-refractivity contribution < 1.29 is 4.79 Å². The molecule has 0 radical (unpaired) electrons. The Hall–Kier alpha value is -1.88. The van der Waals surface area contributed by atoms with Gasteiger partial charge in [0.2, 0.25) is 5.91 Å². The average Bonchev–Trinajstić information content (AvgIpc) is 3.11. The summed E-state index contributed by atoms with van der Waals surface area (Å²) in [4.78, 5) is 24.9. The Labute approximate surface area is 149 Å². The van der Waals surface area contributed by atoms with E-state index in [4.69, 9.17) is 0 Å². The van der Waals surface area contributed by atoms with Gasteiger partial charge in [-0.1, -0.05) is 6.42 Å². The molecule has 0 unspecified atom stereocenters. The lowest BCUT2D eigenvalue weighted by molar-refractivity contribution is -0.132. The van der Waals surface area contributed by atoms with Crippen LogP contribution in [0, 0.1) is 0 Å². The zero-order chi connectivity index (χ0) is 17.1. The van der Waals surface area contributed by atoms with Crippen LogP contribution in [0.25, 0.3) is 11.0 Å². The number of pyridine rings is 1. The van der Waals surface area contributed by atoms with E-state index in [0.29, 0.717) is 18.2 Å². The van der Waals surface area contributed by atoms with E-state index in [1.54, 1.807) is 0 Å². The fraction of sp³-hybridized carbons (Fsp3) is 0.600. The van der Waals surface area contributed by atoms with E-state index in [1.807, 2.05) is 12.3 Å². The smallest absolute Gasteiger partial charge is 0.223 e. The number of hydrogen-bond acceptors (Lipinski definition) is 3. The largest absolute Gasteiger partial charge is 0.360 e. The van der Waals surface area contributed by atoms with Crippen LogP contribution in [-0.2, 0) is 4.79 Å². The molecule has 134 valence electrons. The fourth-order valence-electron chi connectivity index (χ4n) is 4.32. The van der Waals surface area contributed by atoms with Crippen molar-refractivity contribution in [1.29, 1.82) is 0 Å². The molecule has 5 nitrogen and oxygen atoms in total. The molecule has 1 N–H and O–H groups in total. The molecular weight excluding hydrogens is 312 g/mol. The van der Waals surface area contributed by atoms with Crippen LogP contribution >= 0.6 is 0 Å². The molecule has 2 aromatic heterocycles. The molecule has 1 amide bonds. The van der Waals surface area contributed by atoms with Crippen molar-refractivity contribution in [3.63, 3.8) is 0 Å². The highest BCUT2D eigenvalue weighted by atomic mass is 16.2. The quantitative estimate of drug-likeness (QED) is 0.930. The third kappa shape index (κ3) is 3.71. The average molecular weight is 340 g/mol. The highest BCUT2D eigenvalue weighted by molar-refractivity contribution is 5.79. The van der Waals surface area contributed by atoms with Gasteiger partial charge in [0.25, 0.3) is 0 Å². The number of nitrogens with zero attached hydrogens (tertiary/aromatic N) is 3. The number of carbonyl (C=O) groups excluding carboxylic acids is 1. The molecule has 4 heterocycles. The second-order valence-corrected chi connectivity index (χ2v) is 7.45. The van der Waals surface area contributed by atoms with Crippen molar-refractivity contribution in [3.8, 4) is 0 Å². The van der Waals surface area contributed by atoms with Gasteiger partial charge in [-0.3, -0.25) is 9.78 Å². The molecule has 2 aliphatic rings. The van der Waals surface area contributed by atoms with E-state index < -0.39 is 0 Å². The lowest BCUT2D eigenvalue weighted by atomic mass is 9.90. The predicted molar refractivity (Wildman–Crippen MR) is 99.6 cm³/mol. The molecule has 2 aromatic rings. The lowest BCUT2D eigenvalue weighted by Gasteiger charge is -2.33. The van der Waals surface area contributed by atoms with Crippen molar-refractivity contribution in [1.82, 2.24) is 19.8 Å². The number of carbonyl (C=O) groups is 1. The molecule has 0 saturated carbocycles. The first-order valence-corrected chi connectivity index (χ1v) is 9.73. The summed E-state index contributed by atoms with van der Waals surface area (Å²) >= 11 is 0. The monoisotopic (exact) mass is 340 g/mol. The number of fused-ring (bicyclic) bond motifs is 1. The maximum atomic E-state index is 12.5. The normalized spacial score (nSPS) is 20.2. The van der Waals surface area contributed by atoms with Crippen molar-refractivity contribution in [2.45, 2.75) is 44.4 Å². The van der Waals surface area contributed by atoms with E-state index in [1.165, 1.54) is 37.9 Å². The zero-order valence-corrected chi connectivity index (χ0v) is 14.9. The minimum Gasteiger partial charge on any atom is -0.360 e. The number of aromatic amines is 1. The number of rotatable bonds is 4. The standard InChI is InChI=1S/C20H28N4O/c25-19(8-12-23-10-2-1-3-11-23)24-13-6-16(7-14-24)17-15-22-18-5-4-9-21-20(17)18/h4-5,9,15-16,22H,1-3,6-8,10-14H2. The molecule has 4 rings (SSSR count). The second kappa shape index (κ2) is 7.56. The molecule has 0 aliphatic carbocycles. The number of amides is 1. The first kappa shape index (κ1) is 16.6. The Bertz CT molecular complexity index is 711. The Morgan fingerprint density at radius 2 is 1.96 bits per heavy atom. The van der Waals surface area contributed by atoms with Gasteiger partial charge in [0.15, 0.2) is 0 Å². The predicted octanol–water partition coefficient (Wildman–Crippen LogP) is 3.14. The summed E-state index contributed by atoms with van der Waals surface area (Å²) < 4.78 is 0. The van der Waals surface area contributed by atoms with E-state index in [-0.39, 0.29) is 0 Å². The Balaban J connectivity index is 1.29. The third-order valence-electron chi connectivity index (χ3n) is 5.84. The number of nitrogens with one attached hydrogen (secondary N) is 1. The first-order valence-electron chi connectivity index (χ1n) is 9.73. The topological polar surface area (TPSA) is 52.2 Å². The van der Waals surface area contributed by atoms with Crippen LogP contribution in [0.15, 0.2) is 24.5 Å². The number of H-pyrrole nitrogens is 1. The molecular formula is C20H28N4O. The Morgan fingerprint density at radius 1 is 1.16 bits per heavy atom. The molecule has 5 heteroatoms. The van der Waals surface area contributed by atoms with E-state index in [0.717, 1.165) is 43.5 Å². The van der Waals surface area contributed by atoms with Gasteiger partial charge >= 0.3 is 0 Å². The second-order valence-electron chi connectivity index (χ2n) is 7.45. The van der Waals surface area contributed by atoms with Gasteiger partial charge in [0.1, 0.15) is 0 Å². The summed E-state index contributed by atoms with van der Waals surface area (Å²) in [6.45, 7) is 5.03. The summed E-state index contributed by atoms with van der Waals surface area (Å²) in [5.74, 6) is 0.843. The summed E-state index contributed by atoms with van der Waals surface area (Å²) in [6.07, 6.45) is 10.7. The number of hydrogen-bond donors (Lipinski definition) is 1. The molecule has 2 fully saturated rings. The molecule has 0 bridgehead atoms. The molecule has 0 spiro atoms. The van der Waals surface area contributed by atoms with Gasteiger partial charge in [-0.05, 0) is 62.4 Å². The zero-order valence-electron chi connectivity index (χ0n) is 14.9. The SMILES string of the molecule is O=C(CCN1CCCCC1)N1CCC(c2c[nH]c3cccnc23)CC1. The summed E-state index contributed by atoms with van der Waals surface area (Å²) in [5, 5.41) is 0. The van der Waals surface area contributed by atoms with Crippen LogP contribution in [0.2, 0.25) is 0 Å². The minimum absolute atomic E-state index is 0.334. The first-order chi connectivity index (χ1) is 12.3. The highest BCUT2D eigenvalue weighted by Crippen LogP contribution is 2.32. The number of piperidine rings is 2. The number of likely N-dealkylation sites (tertiary alicyclic amines) is 2. The molecule has 2 aliphatic heterocycles. The van der Waals surface area contributed by atoms with E-state index in [9.17, 15) is 4.79 Å². The van der Waals surface area contributed by atoms with E-state index >= 15 is 0 Å². The molecule has 0 atom stereocenters. The molecule has 25 heavy (non-hydrogen) atoms. The summed E-state index contributed by atoms with van der Waals surface area (Å²) in [7, 11) is 0. The van der Waals surface area contributed by atoms with Gasteiger partial charge in [-0.25, -0.2) is 0 Å². The summed E-state index contributed by atoms with van der Waals surface area (Å²) in [5.41, 5.74) is 3.52. The Morgan fingerprint density at radius 3 is 2.76 bits per heavy atom. The van der Waals surface area contributed by atoms with Crippen LogP contribution in [0.3, 0.4) is 0 Å². The van der Waals surface area contributed by atoms with Gasteiger partial charge in [0.05, 0.1) is 11.0 Å². The summed E-state index contributed by atoms with van der Waals surface area (Å²) in [6, 6.07) is 4.04. The third-order valence-corrected chi connectivity index (χ3v) is 5.84. The molecule has 2 saturated heterocycles. The maximum absolute atomic E-state index is 12.5.